The third-order valence-corrected chi connectivity index (χ3v) is 6.50. The molecule has 3 rings (SSSR count). The second kappa shape index (κ2) is 10.1. The number of hydrogen-bond donors (Lipinski definition) is 1. The highest BCUT2D eigenvalue weighted by Crippen LogP contribution is 2.46. The number of hydrogen-bond acceptors (Lipinski definition) is 5. The molecule has 170 valence electrons. The highest BCUT2D eigenvalue weighted by molar-refractivity contribution is 7.21. The summed E-state index contributed by atoms with van der Waals surface area (Å²) in [6.45, 7) is 5.44. The Morgan fingerprint density at radius 2 is 1.88 bits per heavy atom. The summed E-state index contributed by atoms with van der Waals surface area (Å²) in [6.07, 6.45) is 2.07. The zero-order chi connectivity index (χ0) is 23.5. The van der Waals surface area contributed by atoms with Crippen LogP contribution >= 0.6 is 34.5 Å². The van der Waals surface area contributed by atoms with Crippen molar-refractivity contribution in [2.45, 2.75) is 45.1 Å². The molecule has 0 saturated heterocycles. The van der Waals surface area contributed by atoms with Crippen LogP contribution in [0.5, 0.6) is 0 Å². The lowest BCUT2D eigenvalue weighted by Gasteiger charge is -2.21. The van der Waals surface area contributed by atoms with Gasteiger partial charge in [-0.05, 0) is 38.8 Å². The van der Waals surface area contributed by atoms with Gasteiger partial charge in [-0.1, -0.05) is 53.5 Å². The van der Waals surface area contributed by atoms with Gasteiger partial charge in [0.2, 0.25) is 5.91 Å². The van der Waals surface area contributed by atoms with E-state index in [0.717, 1.165) is 11.3 Å². The van der Waals surface area contributed by atoms with E-state index in [1.807, 2.05) is 51.1 Å². The maximum absolute atomic E-state index is 13.3. The molecular weight excluding hydrogens is 469 g/mol. The first kappa shape index (κ1) is 24.3. The molecule has 0 aliphatic rings. The number of rotatable bonds is 7. The molecule has 9 heteroatoms. The van der Waals surface area contributed by atoms with E-state index in [2.05, 4.69) is 10.4 Å². The number of carbonyl (C=O) groups is 2. The zero-order valence-electron chi connectivity index (χ0n) is 18.3. The molecule has 0 fully saturated rings. The van der Waals surface area contributed by atoms with Crippen LogP contribution in [0.1, 0.15) is 45.1 Å². The topological polar surface area (TPSA) is 73.2 Å². The lowest BCUT2D eigenvalue weighted by atomic mass is 9.93. The van der Waals surface area contributed by atoms with Crippen molar-refractivity contribution >= 4 is 51.4 Å². The smallest absolute Gasteiger partial charge is 0.306 e. The van der Waals surface area contributed by atoms with Gasteiger partial charge in [-0.25, -0.2) is 0 Å². The van der Waals surface area contributed by atoms with E-state index in [1.54, 1.807) is 24.0 Å². The maximum Gasteiger partial charge on any atom is 0.306 e. The average Bonchev–Trinajstić information content (AvgIpc) is 3.23. The van der Waals surface area contributed by atoms with Crippen molar-refractivity contribution in [1.29, 1.82) is 0 Å². The number of aryl methyl sites for hydroxylation is 1. The Labute approximate surface area is 201 Å². The predicted molar refractivity (Wildman–Crippen MR) is 129 cm³/mol. The number of amides is 1. The summed E-state index contributed by atoms with van der Waals surface area (Å²) in [7, 11) is 1.79. The molecule has 6 nitrogen and oxygen atoms in total. The Morgan fingerprint density at radius 1 is 1.19 bits per heavy atom. The van der Waals surface area contributed by atoms with Gasteiger partial charge in [0.1, 0.15) is 14.9 Å². The molecule has 2 aromatic heterocycles. The minimum atomic E-state index is -0.578. The number of carbonyl (C=O) groups excluding carboxylic acids is 2. The van der Waals surface area contributed by atoms with Crippen LogP contribution in [0.15, 0.2) is 42.6 Å². The molecule has 0 aliphatic carbocycles. The number of benzene rings is 1. The molecule has 1 amide bonds. The first-order valence-electron chi connectivity index (χ1n) is 10.1. The zero-order valence-corrected chi connectivity index (χ0v) is 20.6. The maximum atomic E-state index is 13.3. The van der Waals surface area contributed by atoms with Crippen LogP contribution in [0.2, 0.25) is 9.36 Å². The SMILES string of the molecule is Cn1nccc1-c1c(Cl)sc(NC(=O)C(CCC(=O)OC(C)(C)C)c2ccccc2)c1Cl. The van der Waals surface area contributed by atoms with Crippen molar-refractivity contribution in [1.82, 2.24) is 9.78 Å². The Kier molecular flexibility index (Phi) is 7.64. The molecule has 1 atom stereocenters. The van der Waals surface area contributed by atoms with Crippen LogP contribution in [0.4, 0.5) is 5.00 Å². The number of thiophene rings is 1. The Balaban J connectivity index is 1.82. The van der Waals surface area contributed by atoms with E-state index in [-0.39, 0.29) is 18.3 Å². The summed E-state index contributed by atoms with van der Waals surface area (Å²) in [4.78, 5) is 25.5. The summed E-state index contributed by atoms with van der Waals surface area (Å²) in [5.74, 6) is -1.17. The van der Waals surface area contributed by atoms with E-state index >= 15 is 0 Å². The summed E-state index contributed by atoms with van der Waals surface area (Å²) in [5, 5.41) is 7.87. The highest BCUT2D eigenvalue weighted by atomic mass is 35.5. The fraction of sp³-hybridized carbons (Fsp3) is 0.348. The molecule has 0 spiro atoms. The second-order valence-corrected chi connectivity index (χ2v) is 10.3. The number of nitrogens with zero attached hydrogens (tertiary/aromatic N) is 2. The van der Waals surface area contributed by atoms with Gasteiger partial charge in [-0.15, -0.1) is 11.3 Å². The molecular formula is C23H25Cl2N3O3S. The van der Waals surface area contributed by atoms with E-state index < -0.39 is 11.5 Å². The van der Waals surface area contributed by atoms with Gasteiger partial charge in [0.15, 0.2) is 0 Å². The van der Waals surface area contributed by atoms with Crippen LogP contribution in [0, 0.1) is 0 Å². The van der Waals surface area contributed by atoms with Crippen LogP contribution in [0.25, 0.3) is 11.3 Å². The lowest BCUT2D eigenvalue weighted by Crippen LogP contribution is -2.26. The lowest BCUT2D eigenvalue weighted by molar-refractivity contribution is -0.155. The van der Waals surface area contributed by atoms with E-state index in [0.29, 0.717) is 26.3 Å². The van der Waals surface area contributed by atoms with E-state index in [1.165, 1.54) is 11.3 Å². The third kappa shape index (κ3) is 5.91. The van der Waals surface area contributed by atoms with Gasteiger partial charge in [-0.3, -0.25) is 14.3 Å². The highest BCUT2D eigenvalue weighted by Gasteiger charge is 2.27. The third-order valence-electron chi connectivity index (χ3n) is 4.70. The molecule has 3 aromatic rings. The predicted octanol–water partition coefficient (Wildman–Crippen LogP) is 6.30. The van der Waals surface area contributed by atoms with Crippen LogP contribution < -0.4 is 5.32 Å². The van der Waals surface area contributed by atoms with Gasteiger partial charge in [0.05, 0.1) is 22.2 Å². The first-order chi connectivity index (χ1) is 15.1. The van der Waals surface area contributed by atoms with Crippen LogP contribution in [0.3, 0.4) is 0 Å². The minimum absolute atomic E-state index is 0.115. The quantitative estimate of drug-likeness (QED) is 0.391. The average molecular weight is 494 g/mol. The Morgan fingerprint density at radius 3 is 2.47 bits per heavy atom. The summed E-state index contributed by atoms with van der Waals surface area (Å²) >= 11 is 14.2. The fourth-order valence-corrected chi connectivity index (χ4v) is 5.00. The fourth-order valence-electron chi connectivity index (χ4n) is 3.29. The van der Waals surface area contributed by atoms with Crippen molar-refractivity contribution in [3.63, 3.8) is 0 Å². The minimum Gasteiger partial charge on any atom is -0.460 e. The number of aromatic nitrogens is 2. The number of halogens is 2. The number of anilines is 1. The standard InChI is InChI=1S/C23H25Cl2N3O3S/c1-23(2,3)31-17(29)11-10-15(14-8-6-5-7-9-14)21(30)27-22-19(24)18(20(25)32-22)16-12-13-26-28(16)4/h5-9,12-13,15H,10-11H2,1-4H3,(H,27,30). The van der Waals surface area contributed by atoms with E-state index in [4.69, 9.17) is 27.9 Å². The van der Waals surface area contributed by atoms with Gasteiger partial charge >= 0.3 is 5.97 Å². The van der Waals surface area contributed by atoms with Crippen molar-refractivity contribution in [3.8, 4) is 11.3 Å². The first-order valence-corrected chi connectivity index (χ1v) is 11.7. The van der Waals surface area contributed by atoms with Gasteiger partial charge in [0.25, 0.3) is 0 Å². The summed E-state index contributed by atoms with van der Waals surface area (Å²) in [5.41, 5.74) is 1.60. The Bertz CT molecular complexity index is 1100. The number of ether oxygens (including phenoxy) is 1. The molecule has 0 bridgehead atoms. The van der Waals surface area contributed by atoms with E-state index in [9.17, 15) is 9.59 Å². The molecule has 0 radical (unpaired) electrons. The number of nitrogens with one attached hydrogen (secondary N) is 1. The molecule has 1 unspecified atom stereocenters. The molecule has 0 saturated carbocycles. The molecule has 32 heavy (non-hydrogen) atoms. The van der Waals surface area contributed by atoms with Crippen LogP contribution in [-0.2, 0) is 21.4 Å². The summed E-state index contributed by atoms with van der Waals surface area (Å²) in [6, 6.07) is 11.1. The largest absolute Gasteiger partial charge is 0.460 e. The molecule has 1 aromatic carbocycles. The van der Waals surface area contributed by atoms with Crippen molar-refractivity contribution < 1.29 is 14.3 Å². The molecule has 0 aliphatic heterocycles. The Hall–Kier alpha value is -2.35. The molecule has 2 heterocycles. The normalized spacial score (nSPS) is 12.4. The molecule has 1 N–H and O–H groups in total. The van der Waals surface area contributed by atoms with Crippen molar-refractivity contribution in [2.75, 3.05) is 5.32 Å². The van der Waals surface area contributed by atoms with Gasteiger partial charge < -0.3 is 10.1 Å². The number of esters is 1. The van der Waals surface area contributed by atoms with Crippen molar-refractivity contribution in [3.05, 3.63) is 57.5 Å². The van der Waals surface area contributed by atoms with Gasteiger partial charge in [-0.2, -0.15) is 5.10 Å². The van der Waals surface area contributed by atoms with Gasteiger partial charge in [0, 0.05) is 19.7 Å². The van der Waals surface area contributed by atoms with Crippen LogP contribution in [-0.4, -0.2) is 27.3 Å². The van der Waals surface area contributed by atoms with Crippen molar-refractivity contribution in [2.24, 2.45) is 7.05 Å². The summed E-state index contributed by atoms with van der Waals surface area (Å²) < 4.78 is 7.52. The second-order valence-electron chi connectivity index (χ2n) is 8.31. The monoisotopic (exact) mass is 493 g/mol.